The monoisotopic (exact) mass is 733 g/mol. The lowest BCUT2D eigenvalue weighted by molar-refractivity contribution is -0.232. The Morgan fingerprint density at radius 1 is 0.942 bits per heavy atom. The van der Waals surface area contributed by atoms with Gasteiger partial charge in [-0.2, -0.15) is 0 Å². The Kier molecular flexibility index (Phi) is 9.79. The molecule has 8 atom stereocenters. The second-order valence-electron chi connectivity index (χ2n) is 19.4. The van der Waals surface area contributed by atoms with E-state index >= 15 is 0 Å². The lowest BCUT2D eigenvalue weighted by Gasteiger charge is -2.72. The highest BCUT2D eigenvalue weighted by Gasteiger charge is 2.70. The molecule has 0 spiro atoms. The largest absolute Gasteiger partial charge is 0.481 e. The van der Waals surface area contributed by atoms with Crippen LogP contribution in [0.5, 0.6) is 0 Å². The summed E-state index contributed by atoms with van der Waals surface area (Å²) in [5, 5.41) is 13.2. The van der Waals surface area contributed by atoms with Gasteiger partial charge < -0.3 is 15.2 Å². The number of aliphatic carboxylic acids is 1. The van der Waals surface area contributed by atoms with Gasteiger partial charge in [-0.15, -0.1) is 0 Å². The van der Waals surface area contributed by atoms with Crippen molar-refractivity contribution in [3.8, 4) is 0 Å². The lowest BCUT2D eigenvalue weighted by atomic mass is 9.33. The van der Waals surface area contributed by atoms with E-state index < -0.39 is 22.8 Å². The van der Waals surface area contributed by atoms with E-state index in [-0.39, 0.29) is 57.7 Å². The number of hydrogen-bond acceptors (Lipinski definition) is 5. The molecule has 0 aromatic heterocycles. The van der Waals surface area contributed by atoms with Crippen LogP contribution in [-0.2, 0) is 23.9 Å². The Morgan fingerprint density at radius 3 is 2.25 bits per heavy atom. The first kappa shape index (κ1) is 38.8. The van der Waals surface area contributed by atoms with Crippen LogP contribution in [0.1, 0.15) is 127 Å². The number of ketones is 1. The number of halogens is 1. The maximum absolute atomic E-state index is 14.0. The molecule has 5 aliphatic rings. The molecule has 4 saturated carbocycles. The zero-order chi connectivity index (χ0) is 38.2. The molecule has 5 aliphatic carbocycles. The van der Waals surface area contributed by atoms with E-state index in [1.54, 1.807) is 44.2 Å². The van der Waals surface area contributed by atoms with Gasteiger partial charge in [-0.05, 0) is 141 Å². The number of carbonyl (C=O) groups is 4. The number of carboxylic acid groups (broad SMARTS) is 1. The molecule has 4 fully saturated rings. The number of anilines is 1. The topological polar surface area (TPSA) is 110 Å². The van der Waals surface area contributed by atoms with Crippen molar-refractivity contribution in [2.45, 2.75) is 133 Å². The summed E-state index contributed by atoms with van der Waals surface area (Å²) in [5.74, 6) is -0.168. The van der Waals surface area contributed by atoms with Gasteiger partial charge in [0.2, 0.25) is 5.91 Å². The average molecular weight is 734 g/mol. The number of fused-ring (bicyclic) bond motifs is 7. The third-order valence-electron chi connectivity index (χ3n) is 15.5. The van der Waals surface area contributed by atoms with Crippen LogP contribution in [0, 0.1) is 56.2 Å². The Balaban J connectivity index is 1.28. The van der Waals surface area contributed by atoms with Crippen molar-refractivity contribution >= 4 is 40.9 Å². The SMILES string of the molecule is CC(C)C1=C2C3CC[C@@H]4[C@@]5(C)CC[C@H](OC(=O)CC(C)(C)C(=O)O)C(C)(C)C5CC[C@@]4(C)[C@]3(C)CC[C@@]2(/C=C/C(=O)Nc2ccc(Cl)cc2)CC1=O. The summed E-state index contributed by atoms with van der Waals surface area (Å²) in [4.78, 5) is 52.0. The van der Waals surface area contributed by atoms with E-state index in [1.807, 2.05) is 0 Å². The van der Waals surface area contributed by atoms with Crippen molar-refractivity contribution in [1.29, 1.82) is 0 Å². The van der Waals surface area contributed by atoms with E-state index in [0.29, 0.717) is 29.0 Å². The molecule has 2 N–H and O–H groups in total. The van der Waals surface area contributed by atoms with Crippen molar-refractivity contribution in [2.24, 2.45) is 56.2 Å². The van der Waals surface area contributed by atoms with Crippen molar-refractivity contribution in [2.75, 3.05) is 5.32 Å². The fraction of sp³-hybridized carbons (Fsp3) is 0.682. The minimum atomic E-state index is -1.17. The molecule has 1 aromatic carbocycles. The molecule has 0 radical (unpaired) electrons. The Labute approximate surface area is 315 Å². The fourth-order valence-corrected chi connectivity index (χ4v) is 12.8. The molecule has 0 saturated heterocycles. The molecule has 6 rings (SSSR count). The zero-order valence-corrected chi connectivity index (χ0v) is 33.5. The second kappa shape index (κ2) is 13.1. The van der Waals surface area contributed by atoms with Gasteiger partial charge in [0, 0.05) is 34.0 Å². The van der Waals surface area contributed by atoms with E-state index in [1.165, 1.54) is 5.57 Å². The van der Waals surface area contributed by atoms with Crippen LogP contribution in [0.4, 0.5) is 5.69 Å². The number of carboxylic acids is 1. The Hall–Kier alpha value is -2.93. The summed E-state index contributed by atoms with van der Waals surface area (Å²) >= 11 is 6.05. The van der Waals surface area contributed by atoms with Gasteiger partial charge in [-0.3, -0.25) is 19.2 Å². The molecule has 7 nitrogen and oxygen atoms in total. The predicted molar refractivity (Wildman–Crippen MR) is 205 cm³/mol. The highest BCUT2D eigenvalue weighted by molar-refractivity contribution is 6.30. The number of rotatable bonds is 8. The molecule has 0 bridgehead atoms. The fourth-order valence-electron chi connectivity index (χ4n) is 12.6. The van der Waals surface area contributed by atoms with E-state index in [9.17, 15) is 24.3 Å². The third kappa shape index (κ3) is 6.09. The van der Waals surface area contributed by atoms with E-state index in [0.717, 1.165) is 56.9 Å². The van der Waals surface area contributed by atoms with Crippen molar-refractivity contribution in [1.82, 2.24) is 0 Å². The van der Waals surface area contributed by atoms with Gasteiger partial charge in [0.25, 0.3) is 0 Å². The molecular formula is C44H60ClNO6. The summed E-state index contributed by atoms with van der Waals surface area (Å²) in [6.07, 6.45) is 11.6. The van der Waals surface area contributed by atoms with E-state index in [2.05, 4.69) is 59.9 Å². The molecular weight excluding hydrogens is 674 g/mol. The Bertz CT molecular complexity index is 1710. The lowest BCUT2D eigenvalue weighted by Crippen LogP contribution is -2.65. The normalized spacial score (nSPS) is 36.9. The van der Waals surface area contributed by atoms with Crippen LogP contribution in [0.2, 0.25) is 5.02 Å². The first-order valence-electron chi connectivity index (χ1n) is 19.6. The summed E-state index contributed by atoms with van der Waals surface area (Å²) in [6.45, 7) is 19.5. The quantitative estimate of drug-likeness (QED) is 0.203. The van der Waals surface area contributed by atoms with Crippen LogP contribution in [-0.4, -0.2) is 34.8 Å². The highest BCUT2D eigenvalue weighted by Crippen LogP contribution is 2.77. The number of Topliss-reactive ketones (excluding diaryl/α,β-unsaturated/α-hetero) is 1. The highest BCUT2D eigenvalue weighted by atomic mass is 35.5. The maximum Gasteiger partial charge on any atom is 0.309 e. The zero-order valence-electron chi connectivity index (χ0n) is 32.8. The molecule has 1 amide bonds. The second-order valence-corrected chi connectivity index (χ2v) is 19.8. The number of carbonyl (C=O) groups excluding carboxylic acids is 3. The number of allylic oxidation sites excluding steroid dienone is 3. The van der Waals surface area contributed by atoms with Gasteiger partial charge in [-0.1, -0.05) is 66.1 Å². The molecule has 0 aliphatic heterocycles. The minimum Gasteiger partial charge on any atom is -0.481 e. The van der Waals surface area contributed by atoms with Crippen LogP contribution in [0.3, 0.4) is 0 Å². The molecule has 1 aromatic rings. The molecule has 8 heteroatoms. The number of nitrogens with one attached hydrogen (secondary N) is 1. The van der Waals surface area contributed by atoms with Crippen LogP contribution in [0.25, 0.3) is 0 Å². The first-order chi connectivity index (χ1) is 24.1. The minimum absolute atomic E-state index is 0.0111. The van der Waals surface area contributed by atoms with Crippen LogP contribution >= 0.6 is 11.6 Å². The molecule has 52 heavy (non-hydrogen) atoms. The van der Waals surface area contributed by atoms with Crippen molar-refractivity contribution in [3.05, 3.63) is 52.6 Å². The number of esters is 1. The number of amides is 1. The number of benzene rings is 1. The standard InChI is InChI=1S/C44H60ClNO6/c1-26(2)36-30(47)24-44(21-18-34(48)46-28-12-10-27(45)11-13-28)23-22-42(8)29(37(36)44)14-15-32-41(7)19-17-33(52-35(49)25-39(3,4)38(50)51)40(5,6)31(41)16-20-43(32,42)9/h10-13,18,21,26,29,31-33H,14-17,19-20,22-25H2,1-9H3,(H,46,48)(H,50,51)/b21-18+/t29?,31?,32-,33+,41+,42-,43-,44+/m1/s1. The summed E-state index contributed by atoms with van der Waals surface area (Å²) in [7, 11) is 0. The molecule has 284 valence electrons. The number of ether oxygens (including phenoxy) is 1. The molecule has 2 unspecified atom stereocenters. The van der Waals surface area contributed by atoms with Crippen molar-refractivity contribution < 1.29 is 29.0 Å². The smallest absolute Gasteiger partial charge is 0.309 e. The Morgan fingerprint density at radius 2 is 1.62 bits per heavy atom. The van der Waals surface area contributed by atoms with Gasteiger partial charge >= 0.3 is 11.9 Å². The van der Waals surface area contributed by atoms with Crippen molar-refractivity contribution in [3.63, 3.8) is 0 Å². The van der Waals surface area contributed by atoms with Crippen LogP contribution in [0.15, 0.2) is 47.6 Å². The summed E-state index contributed by atoms with van der Waals surface area (Å²) < 4.78 is 6.15. The van der Waals surface area contributed by atoms with Gasteiger partial charge in [0.1, 0.15) is 6.10 Å². The third-order valence-corrected chi connectivity index (χ3v) is 15.8. The number of hydrogen-bond donors (Lipinski definition) is 2. The van der Waals surface area contributed by atoms with Gasteiger partial charge in [0.15, 0.2) is 5.78 Å². The van der Waals surface area contributed by atoms with Gasteiger partial charge in [-0.25, -0.2) is 0 Å². The first-order valence-corrected chi connectivity index (χ1v) is 20.0. The van der Waals surface area contributed by atoms with E-state index in [4.69, 9.17) is 16.3 Å². The maximum atomic E-state index is 14.0. The van der Waals surface area contributed by atoms with Gasteiger partial charge in [0.05, 0.1) is 11.8 Å². The molecule has 0 heterocycles. The summed E-state index contributed by atoms with van der Waals surface area (Å²) in [6, 6.07) is 7.09. The average Bonchev–Trinajstić information content (AvgIpc) is 3.35. The van der Waals surface area contributed by atoms with Crippen LogP contribution < -0.4 is 5.32 Å². The summed E-state index contributed by atoms with van der Waals surface area (Å²) in [5.41, 5.74) is 1.22. The predicted octanol–water partition coefficient (Wildman–Crippen LogP) is 10.2.